The maximum absolute atomic E-state index is 11.6. The second kappa shape index (κ2) is 7.05. The van der Waals surface area contributed by atoms with E-state index in [0.717, 1.165) is 57.7 Å². The molecule has 1 aromatic heterocycles. The highest BCUT2D eigenvalue weighted by Gasteiger charge is 2.29. The van der Waals surface area contributed by atoms with Crippen molar-refractivity contribution in [3.05, 3.63) is 18.6 Å². The predicted molar refractivity (Wildman–Crippen MR) is 85.5 cm³/mol. The average Bonchev–Trinajstić information content (AvgIpc) is 2.99. The van der Waals surface area contributed by atoms with Crippen molar-refractivity contribution in [2.75, 3.05) is 31.5 Å². The quantitative estimate of drug-likeness (QED) is 0.910. The number of hydrogen-bond donors (Lipinski definition) is 1. The van der Waals surface area contributed by atoms with E-state index in [1.54, 1.807) is 19.4 Å². The van der Waals surface area contributed by atoms with Crippen LogP contribution in [-0.2, 0) is 4.79 Å². The van der Waals surface area contributed by atoms with Gasteiger partial charge in [0.05, 0.1) is 0 Å². The minimum absolute atomic E-state index is 0.225. The molecule has 2 fully saturated rings. The van der Waals surface area contributed by atoms with Gasteiger partial charge in [-0.15, -0.1) is 0 Å². The molecular formula is C16H25N5O. The summed E-state index contributed by atoms with van der Waals surface area (Å²) in [7, 11) is 0. The summed E-state index contributed by atoms with van der Waals surface area (Å²) >= 11 is 0. The molecule has 0 aliphatic carbocycles. The minimum Gasteiger partial charge on any atom is -0.367 e. The molecule has 3 rings (SSSR count). The molecule has 120 valence electrons. The number of piperidine rings is 1. The van der Waals surface area contributed by atoms with Gasteiger partial charge in [-0.3, -0.25) is 4.79 Å². The fourth-order valence-corrected chi connectivity index (χ4v) is 3.58. The summed E-state index contributed by atoms with van der Waals surface area (Å²) in [6, 6.07) is 2.82. The topological polar surface area (TPSA) is 61.4 Å². The first-order valence-electron chi connectivity index (χ1n) is 8.24. The molecule has 3 heterocycles. The number of anilines is 1. The van der Waals surface area contributed by atoms with Gasteiger partial charge in [-0.1, -0.05) is 0 Å². The van der Waals surface area contributed by atoms with Crippen LogP contribution in [0.15, 0.2) is 18.6 Å². The van der Waals surface area contributed by atoms with Crippen LogP contribution in [0.5, 0.6) is 0 Å². The number of carbonyl (C=O) groups excluding carboxylic acids is 1. The smallest absolute Gasteiger partial charge is 0.219 e. The van der Waals surface area contributed by atoms with E-state index in [1.165, 1.54) is 0 Å². The number of rotatable bonds is 4. The Morgan fingerprint density at radius 3 is 2.82 bits per heavy atom. The van der Waals surface area contributed by atoms with Gasteiger partial charge in [0.15, 0.2) is 0 Å². The van der Waals surface area contributed by atoms with Crippen molar-refractivity contribution in [3.8, 4) is 0 Å². The summed E-state index contributed by atoms with van der Waals surface area (Å²) in [6.45, 7) is 5.83. The summed E-state index contributed by atoms with van der Waals surface area (Å²) in [5.41, 5.74) is 0. The first kappa shape index (κ1) is 15.2. The van der Waals surface area contributed by atoms with Gasteiger partial charge in [0, 0.05) is 51.4 Å². The predicted octanol–water partition coefficient (Wildman–Crippen LogP) is 1.36. The lowest BCUT2D eigenvalue weighted by atomic mass is 10.0. The van der Waals surface area contributed by atoms with Crippen LogP contribution in [0.1, 0.15) is 32.6 Å². The molecular weight excluding hydrogens is 278 g/mol. The molecule has 2 saturated heterocycles. The Balaban J connectivity index is 1.45. The molecule has 0 saturated carbocycles. The SMILES string of the molecule is CC(=O)N1CCCC1CN1CCC(Nc2ccncn2)CC1. The molecule has 22 heavy (non-hydrogen) atoms. The zero-order valence-electron chi connectivity index (χ0n) is 13.2. The Hall–Kier alpha value is -1.69. The van der Waals surface area contributed by atoms with E-state index >= 15 is 0 Å². The number of carbonyl (C=O) groups is 1. The summed E-state index contributed by atoms with van der Waals surface area (Å²) in [5.74, 6) is 1.13. The molecule has 1 amide bonds. The van der Waals surface area contributed by atoms with Gasteiger partial charge >= 0.3 is 0 Å². The Bertz CT molecular complexity index is 487. The van der Waals surface area contributed by atoms with Crippen LogP contribution in [0.2, 0.25) is 0 Å². The number of aromatic nitrogens is 2. The highest BCUT2D eigenvalue weighted by molar-refractivity contribution is 5.73. The van der Waals surface area contributed by atoms with Crippen molar-refractivity contribution in [1.29, 1.82) is 0 Å². The lowest BCUT2D eigenvalue weighted by Crippen LogP contribution is -2.46. The van der Waals surface area contributed by atoms with E-state index in [9.17, 15) is 4.79 Å². The normalized spacial score (nSPS) is 23.7. The number of nitrogens with one attached hydrogen (secondary N) is 1. The van der Waals surface area contributed by atoms with Gasteiger partial charge in [-0.2, -0.15) is 0 Å². The van der Waals surface area contributed by atoms with Crippen molar-refractivity contribution in [1.82, 2.24) is 19.8 Å². The summed E-state index contributed by atoms with van der Waals surface area (Å²) in [4.78, 5) is 24.4. The molecule has 1 N–H and O–H groups in total. The average molecular weight is 303 g/mol. The second-order valence-corrected chi connectivity index (χ2v) is 6.32. The minimum atomic E-state index is 0.225. The third-order valence-corrected chi connectivity index (χ3v) is 4.77. The largest absolute Gasteiger partial charge is 0.367 e. The van der Waals surface area contributed by atoms with Crippen molar-refractivity contribution in [2.45, 2.75) is 44.7 Å². The fraction of sp³-hybridized carbons (Fsp3) is 0.688. The standard InChI is InChI=1S/C16H25N5O/c1-13(22)21-8-2-3-15(21)11-20-9-5-14(6-10-20)19-16-4-7-17-12-18-16/h4,7,12,14-15H,2-3,5-6,8-11H2,1H3,(H,17,18,19). The molecule has 1 atom stereocenters. The lowest BCUT2D eigenvalue weighted by molar-refractivity contribution is -0.130. The highest BCUT2D eigenvalue weighted by Crippen LogP contribution is 2.21. The van der Waals surface area contributed by atoms with E-state index in [2.05, 4.69) is 20.2 Å². The fourth-order valence-electron chi connectivity index (χ4n) is 3.58. The molecule has 0 spiro atoms. The monoisotopic (exact) mass is 303 g/mol. The second-order valence-electron chi connectivity index (χ2n) is 6.32. The third-order valence-electron chi connectivity index (χ3n) is 4.77. The molecule has 2 aliphatic heterocycles. The molecule has 0 bridgehead atoms. The van der Waals surface area contributed by atoms with Crippen molar-refractivity contribution in [2.24, 2.45) is 0 Å². The Kier molecular flexibility index (Phi) is 4.87. The van der Waals surface area contributed by atoms with Gasteiger partial charge in [-0.05, 0) is 31.7 Å². The summed E-state index contributed by atoms with van der Waals surface area (Å²) in [6.07, 6.45) is 7.89. The van der Waals surface area contributed by atoms with Crippen molar-refractivity contribution < 1.29 is 4.79 Å². The molecule has 1 unspecified atom stereocenters. The number of hydrogen-bond acceptors (Lipinski definition) is 5. The van der Waals surface area contributed by atoms with Gasteiger partial charge in [0.2, 0.25) is 5.91 Å². The van der Waals surface area contributed by atoms with Gasteiger partial charge in [0.1, 0.15) is 12.1 Å². The molecule has 1 aromatic rings. The third kappa shape index (κ3) is 3.74. The zero-order valence-corrected chi connectivity index (χ0v) is 13.2. The molecule has 0 aromatic carbocycles. The van der Waals surface area contributed by atoms with Crippen LogP contribution in [0.3, 0.4) is 0 Å². The first-order chi connectivity index (χ1) is 10.7. The molecule has 2 aliphatic rings. The van der Waals surface area contributed by atoms with E-state index in [-0.39, 0.29) is 5.91 Å². The van der Waals surface area contributed by atoms with Crippen LogP contribution in [-0.4, -0.2) is 63.9 Å². The van der Waals surface area contributed by atoms with Gasteiger partial charge < -0.3 is 15.1 Å². The number of likely N-dealkylation sites (tertiary alicyclic amines) is 2. The summed E-state index contributed by atoms with van der Waals surface area (Å²) < 4.78 is 0. The van der Waals surface area contributed by atoms with Crippen LogP contribution >= 0.6 is 0 Å². The van der Waals surface area contributed by atoms with E-state index < -0.39 is 0 Å². The molecule has 6 nitrogen and oxygen atoms in total. The Morgan fingerprint density at radius 2 is 2.14 bits per heavy atom. The van der Waals surface area contributed by atoms with Crippen LogP contribution < -0.4 is 5.32 Å². The maximum Gasteiger partial charge on any atom is 0.219 e. The van der Waals surface area contributed by atoms with E-state index in [0.29, 0.717) is 12.1 Å². The molecule has 0 radical (unpaired) electrons. The van der Waals surface area contributed by atoms with E-state index in [4.69, 9.17) is 0 Å². The Morgan fingerprint density at radius 1 is 1.32 bits per heavy atom. The summed E-state index contributed by atoms with van der Waals surface area (Å²) in [5, 5.41) is 3.48. The molecule has 6 heteroatoms. The van der Waals surface area contributed by atoms with Crippen LogP contribution in [0.4, 0.5) is 5.82 Å². The van der Waals surface area contributed by atoms with Gasteiger partial charge in [0.25, 0.3) is 0 Å². The lowest BCUT2D eigenvalue weighted by Gasteiger charge is -2.35. The Labute approximate surface area is 131 Å². The van der Waals surface area contributed by atoms with Crippen LogP contribution in [0, 0.1) is 0 Å². The highest BCUT2D eigenvalue weighted by atomic mass is 16.2. The number of amides is 1. The first-order valence-corrected chi connectivity index (χ1v) is 8.24. The zero-order chi connectivity index (χ0) is 15.4. The van der Waals surface area contributed by atoms with Crippen molar-refractivity contribution in [3.63, 3.8) is 0 Å². The van der Waals surface area contributed by atoms with E-state index in [1.807, 2.05) is 11.0 Å². The number of nitrogens with zero attached hydrogens (tertiary/aromatic N) is 4. The van der Waals surface area contributed by atoms with Gasteiger partial charge in [-0.25, -0.2) is 9.97 Å². The van der Waals surface area contributed by atoms with Crippen molar-refractivity contribution >= 4 is 11.7 Å². The van der Waals surface area contributed by atoms with Crippen LogP contribution in [0.25, 0.3) is 0 Å². The maximum atomic E-state index is 11.6.